The Morgan fingerprint density at radius 2 is 2.10 bits per heavy atom. The minimum Gasteiger partial charge on any atom is -0.481 e. The molecule has 1 unspecified atom stereocenters. The van der Waals surface area contributed by atoms with Crippen LogP contribution >= 0.6 is 11.3 Å². The largest absolute Gasteiger partial charge is 0.481 e. The number of aliphatic hydroxyl groups excluding tert-OH is 1. The van der Waals surface area contributed by atoms with Gasteiger partial charge in [0, 0.05) is 4.88 Å². The summed E-state index contributed by atoms with van der Waals surface area (Å²) >= 11 is 0.775. The molecule has 1 aromatic rings. The molecular formula is C10H13NO7S2. The number of hydrogen-bond acceptors (Lipinski definition) is 7. The second-order valence-corrected chi connectivity index (χ2v) is 6.78. The van der Waals surface area contributed by atoms with E-state index in [0.29, 0.717) is 4.88 Å². The lowest BCUT2D eigenvalue weighted by atomic mass is 10.3. The molecule has 1 atom stereocenters. The number of ether oxygens (including phenoxy) is 1. The van der Waals surface area contributed by atoms with Gasteiger partial charge in [-0.3, -0.25) is 9.59 Å². The third kappa shape index (κ3) is 4.27. The molecule has 0 amide bonds. The number of esters is 1. The monoisotopic (exact) mass is 323 g/mol. The van der Waals surface area contributed by atoms with Crippen LogP contribution in [0.3, 0.4) is 0 Å². The number of thiophene rings is 1. The average molecular weight is 323 g/mol. The number of carboxylic acid groups (broad SMARTS) is 1. The zero-order chi connectivity index (χ0) is 15.3. The number of sulfonamides is 1. The Hall–Kier alpha value is -1.49. The lowest BCUT2D eigenvalue weighted by Gasteiger charge is -2.13. The van der Waals surface area contributed by atoms with Crippen molar-refractivity contribution in [1.29, 1.82) is 0 Å². The third-order valence-electron chi connectivity index (χ3n) is 2.19. The van der Waals surface area contributed by atoms with Gasteiger partial charge in [-0.15, -0.1) is 11.3 Å². The number of aliphatic carboxylic acids is 1. The van der Waals surface area contributed by atoms with Crippen molar-refractivity contribution in [3.8, 4) is 0 Å². The van der Waals surface area contributed by atoms with Crippen LogP contribution in [-0.4, -0.2) is 50.3 Å². The summed E-state index contributed by atoms with van der Waals surface area (Å²) in [5.41, 5.74) is 0. The van der Waals surface area contributed by atoms with E-state index in [1.54, 1.807) is 0 Å². The summed E-state index contributed by atoms with van der Waals surface area (Å²) in [5.74, 6) is -2.00. The van der Waals surface area contributed by atoms with Crippen LogP contribution in [0.2, 0.25) is 0 Å². The molecule has 0 aromatic carbocycles. The van der Waals surface area contributed by atoms with Gasteiger partial charge in [0.25, 0.3) is 10.0 Å². The summed E-state index contributed by atoms with van der Waals surface area (Å²) in [6.07, 6.45) is -0.291. The number of methoxy groups -OCH3 is 1. The standard InChI is InChI=1S/C10H13NO7S2/c1-18-10(15)7(5-12)11-20(16,17)9-3-2-6(19-9)4-8(13)14/h2-3,7,11-12H,4-5H2,1H3,(H,13,14). The molecule has 10 heteroatoms. The number of carbonyl (C=O) groups excluding carboxylic acids is 1. The van der Waals surface area contributed by atoms with E-state index < -0.39 is 34.6 Å². The van der Waals surface area contributed by atoms with Crippen molar-refractivity contribution < 1.29 is 33.0 Å². The van der Waals surface area contributed by atoms with E-state index in [2.05, 4.69) is 4.74 Å². The quantitative estimate of drug-likeness (QED) is 0.559. The van der Waals surface area contributed by atoms with Gasteiger partial charge < -0.3 is 14.9 Å². The van der Waals surface area contributed by atoms with E-state index in [1.165, 1.54) is 12.1 Å². The Bertz CT molecular complexity index is 593. The topological polar surface area (TPSA) is 130 Å². The van der Waals surface area contributed by atoms with Crippen molar-refractivity contribution in [2.24, 2.45) is 0 Å². The smallest absolute Gasteiger partial charge is 0.326 e. The van der Waals surface area contributed by atoms with Crippen molar-refractivity contribution >= 4 is 33.3 Å². The van der Waals surface area contributed by atoms with Gasteiger partial charge in [0.2, 0.25) is 0 Å². The summed E-state index contributed by atoms with van der Waals surface area (Å²) in [6, 6.07) is 1.20. The lowest BCUT2D eigenvalue weighted by Crippen LogP contribution is -2.43. The number of carbonyl (C=O) groups is 2. The molecular weight excluding hydrogens is 310 g/mol. The summed E-state index contributed by atoms with van der Waals surface area (Å²) < 4.78 is 30.1. The van der Waals surface area contributed by atoms with Crippen LogP contribution in [0.25, 0.3) is 0 Å². The van der Waals surface area contributed by atoms with E-state index in [-0.39, 0.29) is 10.6 Å². The molecule has 1 heterocycles. The highest BCUT2D eigenvalue weighted by Gasteiger charge is 2.27. The minimum absolute atomic E-state index is 0.142. The maximum Gasteiger partial charge on any atom is 0.326 e. The Kier molecular flexibility index (Phi) is 5.62. The zero-order valence-corrected chi connectivity index (χ0v) is 12.0. The average Bonchev–Trinajstić information content (AvgIpc) is 2.83. The second kappa shape index (κ2) is 6.79. The Morgan fingerprint density at radius 1 is 1.45 bits per heavy atom. The third-order valence-corrected chi connectivity index (χ3v) is 5.24. The van der Waals surface area contributed by atoms with Crippen LogP contribution in [0.1, 0.15) is 4.88 Å². The van der Waals surface area contributed by atoms with Crippen molar-refractivity contribution in [2.75, 3.05) is 13.7 Å². The number of nitrogens with one attached hydrogen (secondary N) is 1. The number of rotatable bonds is 7. The molecule has 0 aliphatic rings. The molecule has 0 saturated heterocycles. The number of hydrogen-bond donors (Lipinski definition) is 3. The van der Waals surface area contributed by atoms with E-state index in [4.69, 9.17) is 10.2 Å². The zero-order valence-electron chi connectivity index (χ0n) is 10.4. The van der Waals surface area contributed by atoms with E-state index >= 15 is 0 Å². The Morgan fingerprint density at radius 3 is 2.60 bits per heavy atom. The van der Waals surface area contributed by atoms with Crippen molar-refractivity contribution in [2.45, 2.75) is 16.7 Å². The molecule has 0 radical (unpaired) electrons. The molecule has 0 aliphatic carbocycles. The van der Waals surface area contributed by atoms with E-state index in [9.17, 15) is 18.0 Å². The van der Waals surface area contributed by atoms with E-state index in [1.807, 2.05) is 4.72 Å². The van der Waals surface area contributed by atoms with Gasteiger partial charge in [-0.1, -0.05) is 0 Å². The maximum absolute atomic E-state index is 12.0. The van der Waals surface area contributed by atoms with Gasteiger partial charge in [-0.25, -0.2) is 8.42 Å². The predicted molar refractivity (Wildman–Crippen MR) is 68.9 cm³/mol. The first-order valence-electron chi connectivity index (χ1n) is 5.31. The molecule has 20 heavy (non-hydrogen) atoms. The van der Waals surface area contributed by atoms with Crippen LogP contribution < -0.4 is 4.72 Å². The SMILES string of the molecule is COC(=O)C(CO)NS(=O)(=O)c1ccc(CC(=O)O)s1. The molecule has 1 aromatic heterocycles. The normalized spacial score (nSPS) is 12.9. The van der Waals surface area contributed by atoms with Gasteiger partial charge in [-0.2, -0.15) is 4.72 Å². The summed E-state index contributed by atoms with van der Waals surface area (Å²) in [5, 5.41) is 17.6. The molecule has 1 rings (SSSR count). The fourth-order valence-corrected chi connectivity index (χ4v) is 3.83. The molecule has 3 N–H and O–H groups in total. The first kappa shape index (κ1) is 16.6. The molecule has 0 bridgehead atoms. The summed E-state index contributed by atoms with van der Waals surface area (Å²) in [4.78, 5) is 22.1. The fraction of sp³-hybridized carbons (Fsp3) is 0.400. The highest BCUT2D eigenvalue weighted by molar-refractivity contribution is 7.91. The van der Waals surface area contributed by atoms with Gasteiger partial charge in [0.05, 0.1) is 20.1 Å². The van der Waals surface area contributed by atoms with Gasteiger partial charge in [0.1, 0.15) is 10.3 Å². The molecule has 0 fully saturated rings. The first-order valence-corrected chi connectivity index (χ1v) is 7.61. The van der Waals surface area contributed by atoms with Crippen molar-refractivity contribution in [1.82, 2.24) is 4.72 Å². The highest BCUT2D eigenvalue weighted by atomic mass is 32.2. The maximum atomic E-state index is 12.0. The summed E-state index contributed by atoms with van der Waals surface area (Å²) in [6.45, 7) is -0.751. The molecule has 8 nitrogen and oxygen atoms in total. The molecule has 112 valence electrons. The lowest BCUT2D eigenvalue weighted by molar-refractivity contribution is -0.143. The van der Waals surface area contributed by atoms with Gasteiger partial charge >= 0.3 is 11.9 Å². The van der Waals surface area contributed by atoms with Gasteiger partial charge in [-0.05, 0) is 12.1 Å². The molecule has 0 saturated carbocycles. The molecule has 0 aliphatic heterocycles. The molecule has 0 spiro atoms. The highest BCUT2D eigenvalue weighted by Crippen LogP contribution is 2.22. The minimum atomic E-state index is -4.03. The van der Waals surface area contributed by atoms with Crippen molar-refractivity contribution in [3.05, 3.63) is 17.0 Å². The van der Waals surface area contributed by atoms with Crippen LogP contribution in [0, 0.1) is 0 Å². The van der Waals surface area contributed by atoms with Crippen LogP contribution in [0.4, 0.5) is 0 Å². The first-order chi connectivity index (χ1) is 9.30. The number of carboxylic acids is 1. The van der Waals surface area contributed by atoms with Crippen LogP contribution in [0.5, 0.6) is 0 Å². The van der Waals surface area contributed by atoms with Crippen LogP contribution in [-0.2, 0) is 30.8 Å². The Balaban J connectivity index is 2.90. The summed E-state index contributed by atoms with van der Waals surface area (Å²) in [7, 11) is -2.96. The number of aliphatic hydroxyl groups is 1. The van der Waals surface area contributed by atoms with Crippen LogP contribution in [0.15, 0.2) is 16.3 Å². The fourth-order valence-electron chi connectivity index (χ4n) is 1.29. The Labute approximate surface area is 119 Å². The predicted octanol–water partition coefficient (Wildman–Crippen LogP) is -0.813. The van der Waals surface area contributed by atoms with Gasteiger partial charge in [0.15, 0.2) is 0 Å². The van der Waals surface area contributed by atoms with E-state index in [0.717, 1.165) is 18.4 Å². The second-order valence-electron chi connectivity index (χ2n) is 3.67. The van der Waals surface area contributed by atoms with Crippen molar-refractivity contribution in [3.63, 3.8) is 0 Å².